The van der Waals surface area contributed by atoms with Crippen molar-refractivity contribution in [3.8, 4) is 0 Å². The number of benzene rings is 1. The van der Waals surface area contributed by atoms with Crippen LogP contribution in [0.5, 0.6) is 0 Å². The molecule has 0 radical (unpaired) electrons. The third-order valence-electron chi connectivity index (χ3n) is 1.31. The highest BCUT2D eigenvalue weighted by atomic mass is 35.5. The van der Waals surface area contributed by atoms with E-state index in [9.17, 15) is 4.79 Å². The van der Waals surface area contributed by atoms with Gasteiger partial charge in [0.15, 0.2) is 0 Å². The summed E-state index contributed by atoms with van der Waals surface area (Å²) in [4.78, 5) is 9.98. The molecule has 0 N–H and O–H groups in total. The second kappa shape index (κ2) is 4.29. The Hall–Kier alpha value is -0.790. The van der Waals surface area contributed by atoms with Crippen molar-refractivity contribution < 1.29 is 4.79 Å². The van der Waals surface area contributed by atoms with Crippen LogP contribution < -0.4 is 0 Å². The first kappa shape index (κ1) is 9.30. The summed E-state index contributed by atoms with van der Waals surface area (Å²) in [6.45, 7) is 0. The van der Waals surface area contributed by atoms with Crippen LogP contribution in [-0.2, 0) is 4.79 Å². The Balaban J connectivity index is 2.96. The van der Waals surface area contributed by atoms with Crippen LogP contribution in [0.2, 0.25) is 10.0 Å². The van der Waals surface area contributed by atoms with E-state index in [1.54, 1.807) is 24.3 Å². The van der Waals surface area contributed by atoms with Crippen molar-refractivity contribution in [3.05, 3.63) is 39.9 Å². The molecule has 0 atom stereocenters. The number of carbonyl (C=O) groups excluding carboxylic acids is 1. The lowest BCUT2D eigenvalue weighted by molar-refractivity contribution is -0.104. The maximum Gasteiger partial charge on any atom is 0.142 e. The lowest BCUT2D eigenvalue weighted by atomic mass is 10.2. The van der Waals surface area contributed by atoms with Crippen molar-refractivity contribution in [2.45, 2.75) is 0 Å². The van der Waals surface area contributed by atoms with Crippen LogP contribution in [0.3, 0.4) is 0 Å². The van der Waals surface area contributed by atoms with Crippen LogP contribution >= 0.6 is 23.2 Å². The Labute approximate surface area is 80.6 Å². The Morgan fingerprint density at radius 3 is 2.50 bits per heavy atom. The Bertz CT molecular complexity index is 318. The van der Waals surface area contributed by atoms with Gasteiger partial charge in [0.1, 0.15) is 6.29 Å². The SMILES string of the molecule is O=CC=Cc1ccc(Cl)c(Cl)c1. The third-order valence-corrected chi connectivity index (χ3v) is 2.05. The van der Waals surface area contributed by atoms with Gasteiger partial charge in [-0.05, 0) is 23.8 Å². The second-order valence-corrected chi connectivity index (χ2v) is 2.98. The minimum atomic E-state index is 0.490. The number of halogens is 2. The van der Waals surface area contributed by atoms with E-state index in [1.165, 1.54) is 6.08 Å². The first-order valence-electron chi connectivity index (χ1n) is 3.31. The standard InChI is InChI=1S/C9H6Cl2O/c10-8-4-3-7(2-1-5-12)6-9(8)11/h1-6H. The van der Waals surface area contributed by atoms with Gasteiger partial charge in [0.2, 0.25) is 0 Å². The Morgan fingerprint density at radius 2 is 1.92 bits per heavy atom. The van der Waals surface area contributed by atoms with Gasteiger partial charge in [-0.15, -0.1) is 0 Å². The minimum absolute atomic E-state index is 0.490. The van der Waals surface area contributed by atoms with E-state index >= 15 is 0 Å². The van der Waals surface area contributed by atoms with Crippen LogP contribution in [0.4, 0.5) is 0 Å². The van der Waals surface area contributed by atoms with E-state index in [0.29, 0.717) is 16.3 Å². The fourth-order valence-corrected chi connectivity index (χ4v) is 1.07. The Morgan fingerprint density at radius 1 is 1.17 bits per heavy atom. The summed E-state index contributed by atoms with van der Waals surface area (Å²) in [5.41, 5.74) is 0.858. The number of carbonyl (C=O) groups is 1. The van der Waals surface area contributed by atoms with E-state index < -0.39 is 0 Å². The highest BCUT2D eigenvalue weighted by Gasteiger charge is 1.95. The number of aldehydes is 1. The summed E-state index contributed by atoms with van der Waals surface area (Å²) in [5.74, 6) is 0. The van der Waals surface area contributed by atoms with Gasteiger partial charge in [0.25, 0.3) is 0 Å². The van der Waals surface area contributed by atoms with Gasteiger partial charge in [-0.1, -0.05) is 35.3 Å². The summed E-state index contributed by atoms with van der Waals surface area (Å²) < 4.78 is 0. The predicted octanol–water partition coefficient (Wildman–Crippen LogP) is 3.21. The molecule has 0 aliphatic heterocycles. The van der Waals surface area contributed by atoms with Crippen molar-refractivity contribution >= 4 is 35.6 Å². The maximum absolute atomic E-state index is 9.98. The molecule has 0 bridgehead atoms. The molecule has 1 aromatic rings. The van der Waals surface area contributed by atoms with Crippen molar-refractivity contribution in [3.63, 3.8) is 0 Å². The Kier molecular flexibility index (Phi) is 3.32. The van der Waals surface area contributed by atoms with E-state index in [-0.39, 0.29) is 0 Å². The predicted molar refractivity (Wildman–Crippen MR) is 51.6 cm³/mol. The second-order valence-electron chi connectivity index (χ2n) is 2.17. The van der Waals surface area contributed by atoms with Gasteiger partial charge in [0.05, 0.1) is 10.0 Å². The first-order valence-corrected chi connectivity index (χ1v) is 4.06. The molecule has 0 aromatic heterocycles. The lowest BCUT2D eigenvalue weighted by Gasteiger charge is -1.95. The maximum atomic E-state index is 9.98. The molecule has 0 aliphatic carbocycles. The smallest absolute Gasteiger partial charge is 0.142 e. The third kappa shape index (κ3) is 2.36. The summed E-state index contributed by atoms with van der Waals surface area (Å²) >= 11 is 11.4. The van der Waals surface area contributed by atoms with Gasteiger partial charge in [-0.3, -0.25) is 4.79 Å². The fraction of sp³-hybridized carbons (Fsp3) is 0. The van der Waals surface area contributed by atoms with Gasteiger partial charge in [-0.2, -0.15) is 0 Å². The van der Waals surface area contributed by atoms with Crippen LogP contribution in [0.1, 0.15) is 5.56 Å². The molecular weight excluding hydrogens is 195 g/mol. The van der Waals surface area contributed by atoms with Gasteiger partial charge in [0, 0.05) is 0 Å². The number of allylic oxidation sites excluding steroid dienone is 1. The van der Waals surface area contributed by atoms with Crippen LogP contribution in [0.15, 0.2) is 24.3 Å². The average Bonchev–Trinajstić information content (AvgIpc) is 2.07. The molecule has 1 aromatic carbocycles. The van der Waals surface area contributed by atoms with Crippen molar-refractivity contribution in [1.29, 1.82) is 0 Å². The van der Waals surface area contributed by atoms with E-state index in [2.05, 4.69) is 0 Å². The molecule has 0 amide bonds. The quantitative estimate of drug-likeness (QED) is 0.530. The average molecular weight is 201 g/mol. The van der Waals surface area contributed by atoms with Gasteiger partial charge >= 0.3 is 0 Å². The normalized spacial score (nSPS) is 10.5. The molecule has 0 spiro atoms. The molecule has 0 saturated heterocycles. The van der Waals surface area contributed by atoms with Crippen LogP contribution in [0, 0.1) is 0 Å². The zero-order valence-electron chi connectivity index (χ0n) is 6.13. The molecule has 3 heteroatoms. The number of rotatable bonds is 2. The van der Waals surface area contributed by atoms with Gasteiger partial charge < -0.3 is 0 Å². The number of hydrogen-bond donors (Lipinski definition) is 0. The number of hydrogen-bond acceptors (Lipinski definition) is 1. The topological polar surface area (TPSA) is 17.1 Å². The molecule has 0 unspecified atom stereocenters. The molecular formula is C9H6Cl2O. The lowest BCUT2D eigenvalue weighted by Crippen LogP contribution is -1.73. The highest BCUT2D eigenvalue weighted by molar-refractivity contribution is 6.42. The van der Waals surface area contributed by atoms with Crippen molar-refractivity contribution in [2.75, 3.05) is 0 Å². The fourth-order valence-electron chi connectivity index (χ4n) is 0.766. The minimum Gasteiger partial charge on any atom is -0.299 e. The van der Waals surface area contributed by atoms with Crippen molar-refractivity contribution in [2.24, 2.45) is 0 Å². The molecule has 0 aliphatic rings. The van der Waals surface area contributed by atoms with E-state index in [4.69, 9.17) is 23.2 Å². The monoisotopic (exact) mass is 200 g/mol. The summed E-state index contributed by atoms with van der Waals surface area (Å²) in [6.07, 6.45) is 3.78. The molecule has 12 heavy (non-hydrogen) atoms. The van der Waals surface area contributed by atoms with E-state index in [0.717, 1.165) is 5.56 Å². The molecule has 1 nitrogen and oxygen atoms in total. The van der Waals surface area contributed by atoms with Crippen molar-refractivity contribution in [1.82, 2.24) is 0 Å². The highest BCUT2D eigenvalue weighted by Crippen LogP contribution is 2.22. The summed E-state index contributed by atoms with van der Waals surface area (Å²) in [5, 5.41) is 1.00. The largest absolute Gasteiger partial charge is 0.299 e. The first-order chi connectivity index (χ1) is 5.74. The zero-order chi connectivity index (χ0) is 8.97. The van der Waals surface area contributed by atoms with Crippen LogP contribution in [-0.4, -0.2) is 6.29 Å². The van der Waals surface area contributed by atoms with E-state index in [1.807, 2.05) is 0 Å². The summed E-state index contributed by atoms with van der Waals surface area (Å²) in [7, 11) is 0. The molecule has 1 rings (SSSR count). The van der Waals surface area contributed by atoms with Gasteiger partial charge in [-0.25, -0.2) is 0 Å². The molecule has 0 fully saturated rings. The molecule has 0 heterocycles. The molecule has 0 saturated carbocycles. The molecule has 62 valence electrons. The van der Waals surface area contributed by atoms with Crippen LogP contribution in [0.25, 0.3) is 6.08 Å². The summed E-state index contributed by atoms with van der Waals surface area (Å²) in [6, 6.07) is 5.17. The zero-order valence-corrected chi connectivity index (χ0v) is 7.64.